The van der Waals surface area contributed by atoms with E-state index in [0.29, 0.717) is 24.4 Å². The van der Waals surface area contributed by atoms with E-state index in [-0.39, 0.29) is 42.2 Å². The molecule has 4 aromatic carbocycles. The molecule has 0 bridgehead atoms. The second kappa shape index (κ2) is 14.4. The molecule has 8 rings (SSSR count). The van der Waals surface area contributed by atoms with E-state index in [1.165, 1.54) is 6.20 Å². The normalized spacial score (nSPS) is 23.1. The Morgan fingerprint density at radius 1 is 0.904 bits per heavy atom. The quantitative estimate of drug-likeness (QED) is 0.190. The number of aliphatic hydroxyl groups excluding tert-OH is 1. The van der Waals surface area contributed by atoms with Gasteiger partial charge in [-0.2, -0.15) is 0 Å². The number of nitrogens with one attached hydrogen (secondary N) is 2. The molecular formula is C41H42N6O5. The van der Waals surface area contributed by atoms with Gasteiger partial charge in [0, 0.05) is 42.5 Å². The first-order valence-corrected chi connectivity index (χ1v) is 17.9. The van der Waals surface area contributed by atoms with Crippen molar-refractivity contribution in [2.45, 2.75) is 50.4 Å². The van der Waals surface area contributed by atoms with Crippen LogP contribution in [0.3, 0.4) is 0 Å². The number of para-hydroxylation sites is 3. The van der Waals surface area contributed by atoms with E-state index >= 15 is 0 Å². The zero-order valence-corrected chi connectivity index (χ0v) is 29.0. The highest BCUT2D eigenvalue weighted by molar-refractivity contribution is 6.03. The van der Waals surface area contributed by atoms with Crippen molar-refractivity contribution in [2.75, 3.05) is 36.5 Å². The Kier molecular flexibility index (Phi) is 9.42. The van der Waals surface area contributed by atoms with Crippen LogP contribution in [0.15, 0.2) is 109 Å². The molecule has 3 N–H and O–H groups in total. The second-order valence-corrected chi connectivity index (χ2v) is 13.9. The average molecular weight is 699 g/mol. The van der Waals surface area contributed by atoms with Crippen LogP contribution in [0.2, 0.25) is 0 Å². The van der Waals surface area contributed by atoms with Gasteiger partial charge in [-0.05, 0) is 60.4 Å². The monoisotopic (exact) mass is 698 g/mol. The summed E-state index contributed by atoms with van der Waals surface area (Å²) < 4.78 is 13.4. The van der Waals surface area contributed by atoms with Crippen LogP contribution in [0.5, 0.6) is 0 Å². The Bertz CT molecular complexity index is 2040. The van der Waals surface area contributed by atoms with Gasteiger partial charge in [-0.3, -0.25) is 14.6 Å². The number of aromatic nitrogens is 2. The van der Waals surface area contributed by atoms with Gasteiger partial charge in [-0.25, -0.2) is 4.98 Å². The Hall–Kier alpha value is -5.20. The Balaban J connectivity index is 0.982. The van der Waals surface area contributed by atoms with Crippen LogP contribution in [0.25, 0.3) is 11.0 Å². The van der Waals surface area contributed by atoms with Crippen molar-refractivity contribution in [3.8, 4) is 0 Å². The molecule has 4 heterocycles. The molecule has 3 saturated heterocycles. The summed E-state index contributed by atoms with van der Waals surface area (Å²) in [5, 5.41) is 15.7. The van der Waals surface area contributed by atoms with Gasteiger partial charge < -0.3 is 35.0 Å². The zero-order chi connectivity index (χ0) is 35.7. The van der Waals surface area contributed by atoms with Gasteiger partial charge in [0.2, 0.25) is 5.91 Å². The maximum atomic E-state index is 13.3. The van der Waals surface area contributed by atoms with E-state index < -0.39 is 11.8 Å². The van der Waals surface area contributed by atoms with Crippen molar-refractivity contribution in [3.63, 3.8) is 0 Å². The van der Waals surface area contributed by atoms with Gasteiger partial charge in [0.05, 0.1) is 42.7 Å². The fourth-order valence-electron chi connectivity index (χ4n) is 7.71. The highest BCUT2D eigenvalue weighted by atomic mass is 16.7. The second-order valence-electron chi connectivity index (χ2n) is 13.9. The molecule has 266 valence electrons. The predicted octanol–water partition coefficient (Wildman–Crippen LogP) is 5.59. The first-order chi connectivity index (χ1) is 25.4. The number of aliphatic hydroxyl groups is 1. The SMILES string of the molecule is CC1C(CN2CCC3(CC2)C(=O)NCN3c2ccccc2)OC(c2ccc(NC(=O)c3cnc4ccccc4n3)cc2)OC1c1ccc(CO)cc1. The lowest BCUT2D eigenvalue weighted by atomic mass is 9.84. The van der Waals surface area contributed by atoms with Crippen LogP contribution in [0.1, 0.15) is 59.3 Å². The number of anilines is 2. The Morgan fingerprint density at radius 2 is 1.60 bits per heavy atom. The van der Waals surface area contributed by atoms with Gasteiger partial charge >= 0.3 is 0 Å². The standard InChI is InChI=1S/C41H42N6O5/c1-27-36(24-46-21-19-41(20-22-46)40(50)43-26-47(41)32-7-3-2-4-8-32)51-39(52-37(27)29-13-11-28(25-48)12-14-29)30-15-17-31(18-16-30)44-38(49)35-23-42-33-9-5-6-10-34(33)45-35/h2-18,23,27,36-37,39,48H,19-22,24-26H2,1H3,(H,43,50)(H,44,49). The van der Waals surface area contributed by atoms with E-state index in [4.69, 9.17) is 9.47 Å². The number of benzene rings is 4. The third kappa shape index (κ3) is 6.64. The lowest BCUT2D eigenvalue weighted by Crippen LogP contribution is -2.57. The van der Waals surface area contributed by atoms with Crippen LogP contribution < -0.4 is 15.5 Å². The highest BCUT2D eigenvalue weighted by Gasteiger charge is 2.51. The zero-order valence-electron chi connectivity index (χ0n) is 29.0. The van der Waals surface area contributed by atoms with Crippen LogP contribution >= 0.6 is 0 Å². The van der Waals surface area contributed by atoms with Crippen molar-refractivity contribution in [1.29, 1.82) is 0 Å². The van der Waals surface area contributed by atoms with Gasteiger partial charge in [0.1, 0.15) is 11.2 Å². The topological polar surface area (TPSA) is 129 Å². The number of carbonyl (C=O) groups is 2. The average Bonchev–Trinajstić information content (AvgIpc) is 3.51. The Labute approximate surface area is 302 Å². The summed E-state index contributed by atoms with van der Waals surface area (Å²) in [6.07, 6.45) is 1.85. The Morgan fingerprint density at radius 3 is 2.33 bits per heavy atom. The van der Waals surface area contributed by atoms with Crippen LogP contribution in [0.4, 0.5) is 11.4 Å². The number of hydrogen-bond acceptors (Lipinski definition) is 9. The largest absolute Gasteiger partial charge is 0.392 e. The number of amides is 2. The van der Waals surface area contributed by atoms with Crippen molar-refractivity contribution in [2.24, 2.45) is 5.92 Å². The van der Waals surface area contributed by atoms with Crippen LogP contribution in [-0.4, -0.2) is 69.7 Å². The van der Waals surface area contributed by atoms with Gasteiger partial charge in [-0.15, -0.1) is 0 Å². The summed E-state index contributed by atoms with van der Waals surface area (Å²) in [6.45, 7) is 4.87. The van der Waals surface area contributed by atoms with E-state index in [1.807, 2.05) is 91.0 Å². The molecule has 0 saturated carbocycles. The predicted molar refractivity (Wildman–Crippen MR) is 197 cm³/mol. The lowest BCUT2D eigenvalue weighted by molar-refractivity contribution is -0.276. The number of piperidine rings is 1. The molecule has 4 unspecified atom stereocenters. The van der Waals surface area contributed by atoms with Crippen molar-refractivity contribution in [3.05, 3.63) is 132 Å². The summed E-state index contributed by atoms with van der Waals surface area (Å²) in [7, 11) is 0. The van der Waals surface area contributed by atoms with Gasteiger partial charge in [0.15, 0.2) is 6.29 Å². The molecule has 3 fully saturated rings. The molecule has 3 aliphatic rings. The molecular weight excluding hydrogens is 656 g/mol. The molecule has 2 amide bonds. The molecule has 3 aliphatic heterocycles. The van der Waals surface area contributed by atoms with Crippen molar-refractivity contribution >= 4 is 34.2 Å². The van der Waals surface area contributed by atoms with E-state index in [0.717, 1.165) is 53.8 Å². The minimum absolute atomic E-state index is 0.0179. The molecule has 0 radical (unpaired) electrons. The maximum Gasteiger partial charge on any atom is 0.275 e. The van der Waals surface area contributed by atoms with Crippen LogP contribution in [0, 0.1) is 5.92 Å². The minimum atomic E-state index is -0.648. The molecule has 5 aromatic rings. The first-order valence-electron chi connectivity index (χ1n) is 17.9. The minimum Gasteiger partial charge on any atom is -0.392 e. The molecule has 11 heteroatoms. The molecule has 52 heavy (non-hydrogen) atoms. The van der Waals surface area contributed by atoms with Crippen LogP contribution in [-0.2, 0) is 20.9 Å². The summed E-state index contributed by atoms with van der Waals surface area (Å²) in [5.74, 6) is -0.228. The molecule has 4 atom stereocenters. The summed E-state index contributed by atoms with van der Waals surface area (Å²) in [4.78, 5) is 39.8. The number of carbonyl (C=O) groups excluding carboxylic acids is 2. The third-order valence-electron chi connectivity index (χ3n) is 10.8. The van der Waals surface area contributed by atoms with Gasteiger partial charge in [-0.1, -0.05) is 73.7 Å². The lowest BCUT2D eigenvalue weighted by Gasteiger charge is -2.46. The van der Waals surface area contributed by atoms with Crippen molar-refractivity contribution < 1.29 is 24.2 Å². The molecule has 11 nitrogen and oxygen atoms in total. The summed E-state index contributed by atoms with van der Waals surface area (Å²) in [5.41, 5.74) is 5.42. The smallest absolute Gasteiger partial charge is 0.275 e. The van der Waals surface area contributed by atoms with Gasteiger partial charge in [0.25, 0.3) is 5.91 Å². The van der Waals surface area contributed by atoms with E-state index in [2.05, 4.69) is 49.5 Å². The first kappa shape index (κ1) is 33.9. The molecule has 1 spiro atoms. The van der Waals surface area contributed by atoms with E-state index in [1.54, 1.807) is 0 Å². The van der Waals surface area contributed by atoms with Crippen molar-refractivity contribution in [1.82, 2.24) is 20.2 Å². The number of ether oxygens (including phenoxy) is 2. The number of nitrogens with zero attached hydrogens (tertiary/aromatic N) is 4. The molecule has 0 aliphatic carbocycles. The number of likely N-dealkylation sites (tertiary alicyclic amines) is 1. The number of hydrogen-bond donors (Lipinski definition) is 3. The number of fused-ring (bicyclic) bond motifs is 1. The molecule has 1 aromatic heterocycles. The third-order valence-corrected chi connectivity index (χ3v) is 10.8. The van der Waals surface area contributed by atoms with E-state index in [9.17, 15) is 14.7 Å². The number of rotatable bonds is 8. The summed E-state index contributed by atoms with van der Waals surface area (Å²) in [6, 6.07) is 33.0. The fraction of sp³-hybridized carbons (Fsp3) is 0.317. The fourth-order valence-corrected chi connectivity index (χ4v) is 7.71. The maximum absolute atomic E-state index is 13.3. The summed E-state index contributed by atoms with van der Waals surface area (Å²) >= 11 is 0. The highest BCUT2D eigenvalue weighted by Crippen LogP contribution is 2.43.